The molecule has 144 valence electrons. The van der Waals surface area contributed by atoms with Gasteiger partial charge in [-0.3, -0.25) is 24.8 Å². The first-order valence-electron chi connectivity index (χ1n) is 8.67. The van der Waals surface area contributed by atoms with Gasteiger partial charge in [0.25, 0.3) is 11.6 Å². The summed E-state index contributed by atoms with van der Waals surface area (Å²) in [5.74, 6) is -0.308. The third-order valence-electron chi connectivity index (χ3n) is 3.99. The highest BCUT2D eigenvalue weighted by Crippen LogP contribution is 2.23. The van der Waals surface area contributed by atoms with Gasteiger partial charge >= 0.3 is 0 Å². The summed E-state index contributed by atoms with van der Waals surface area (Å²) < 4.78 is 0. The average Bonchev–Trinajstić information content (AvgIpc) is 3.05. The van der Waals surface area contributed by atoms with Crippen LogP contribution in [0.1, 0.15) is 30.8 Å². The summed E-state index contributed by atoms with van der Waals surface area (Å²) in [6.07, 6.45) is 0.427. The van der Waals surface area contributed by atoms with Gasteiger partial charge in [-0.1, -0.05) is 13.8 Å². The number of benzene rings is 2. The number of aromatic nitrogens is 2. The van der Waals surface area contributed by atoms with Crippen molar-refractivity contribution < 1.29 is 14.5 Å². The van der Waals surface area contributed by atoms with E-state index in [0.717, 1.165) is 0 Å². The lowest BCUT2D eigenvalue weighted by Crippen LogP contribution is -2.14. The molecule has 9 nitrogen and oxygen atoms in total. The first-order chi connectivity index (χ1) is 13.3. The SMILES string of the molecule is CC(C)CC(=O)Nc1ccc(NC(=O)c2n[nH]c3ccc([N+](=O)[O-])cc23)cc1. The van der Waals surface area contributed by atoms with Crippen molar-refractivity contribution in [2.75, 3.05) is 10.6 Å². The zero-order chi connectivity index (χ0) is 20.3. The maximum Gasteiger partial charge on any atom is 0.276 e. The minimum absolute atomic E-state index is 0.0630. The summed E-state index contributed by atoms with van der Waals surface area (Å²) in [4.78, 5) is 34.7. The van der Waals surface area contributed by atoms with Crippen LogP contribution in [0.25, 0.3) is 10.9 Å². The number of non-ortho nitro benzene ring substituents is 1. The third kappa shape index (κ3) is 4.32. The molecule has 0 saturated heterocycles. The molecule has 0 fully saturated rings. The van der Waals surface area contributed by atoms with E-state index in [0.29, 0.717) is 28.7 Å². The molecule has 0 unspecified atom stereocenters. The Kier molecular flexibility index (Phi) is 5.35. The van der Waals surface area contributed by atoms with E-state index >= 15 is 0 Å². The Balaban J connectivity index is 1.73. The predicted octanol–water partition coefficient (Wildman–Crippen LogP) is 3.71. The molecule has 0 aliphatic heterocycles. The maximum atomic E-state index is 12.5. The average molecular weight is 381 g/mol. The van der Waals surface area contributed by atoms with Gasteiger partial charge in [0, 0.05) is 35.3 Å². The fraction of sp³-hybridized carbons (Fsp3) is 0.211. The second kappa shape index (κ2) is 7.87. The Bertz CT molecular complexity index is 1040. The summed E-state index contributed by atoms with van der Waals surface area (Å²) >= 11 is 0. The van der Waals surface area contributed by atoms with Gasteiger partial charge in [0.2, 0.25) is 5.91 Å². The second-order valence-corrected chi connectivity index (χ2v) is 6.74. The fourth-order valence-corrected chi connectivity index (χ4v) is 2.70. The molecular weight excluding hydrogens is 362 g/mol. The van der Waals surface area contributed by atoms with E-state index in [1.165, 1.54) is 18.2 Å². The summed E-state index contributed by atoms with van der Waals surface area (Å²) in [6, 6.07) is 10.8. The van der Waals surface area contributed by atoms with Crippen LogP contribution in [-0.2, 0) is 4.79 Å². The predicted molar refractivity (Wildman–Crippen MR) is 105 cm³/mol. The number of carbonyl (C=O) groups is 2. The number of nitrogens with one attached hydrogen (secondary N) is 3. The lowest BCUT2D eigenvalue weighted by Gasteiger charge is -2.08. The minimum atomic E-state index is -0.527. The molecule has 0 bridgehead atoms. The van der Waals surface area contributed by atoms with Crippen molar-refractivity contribution in [3.8, 4) is 0 Å². The number of rotatable bonds is 6. The maximum absolute atomic E-state index is 12.5. The van der Waals surface area contributed by atoms with E-state index in [2.05, 4.69) is 20.8 Å². The standard InChI is InChI=1S/C19H19N5O4/c1-11(2)9-17(25)20-12-3-5-13(6-4-12)21-19(26)18-15-10-14(24(27)28)7-8-16(15)22-23-18/h3-8,10-11H,9H2,1-2H3,(H,20,25)(H,21,26)(H,22,23). The van der Waals surface area contributed by atoms with E-state index in [-0.39, 0.29) is 23.2 Å². The number of hydrogen-bond acceptors (Lipinski definition) is 5. The van der Waals surface area contributed by atoms with Crippen molar-refractivity contribution in [2.45, 2.75) is 20.3 Å². The number of amides is 2. The van der Waals surface area contributed by atoms with E-state index in [1.807, 2.05) is 13.8 Å². The minimum Gasteiger partial charge on any atom is -0.326 e. The molecule has 1 aromatic heterocycles. The van der Waals surface area contributed by atoms with Crippen molar-refractivity contribution in [3.05, 3.63) is 58.3 Å². The van der Waals surface area contributed by atoms with Crippen LogP contribution >= 0.6 is 0 Å². The Morgan fingerprint density at radius 2 is 1.75 bits per heavy atom. The molecule has 0 radical (unpaired) electrons. The van der Waals surface area contributed by atoms with Gasteiger partial charge < -0.3 is 10.6 Å². The molecule has 0 atom stereocenters. The van der Waals surface area contributed by atoms with Crippen LogP contribution in [0, 0.1) is 16.0 Å². The number of fused-ring (bicyclic) bond motifs is 1. The van der Waals surface area contributed by atoms with Gasteiger partial charge in [-0.15, -0.1) is 0 Å². The van der Waals surface area contributed by atoms with Gasteiger partial charge in [-0.05, 0) is 36.2 Å². The molecule has 1 heterocycles. The fourth-order valence-electron chi connectivity index (χ4n) is 2.70. The molecule has 3 N–H and O–H groups in total. The van der Waals surface area contributed by atoms with Crippen molar-refractivity contribution in [3.63, 3.8) is 0 Å². The number of carbonyl (C=O) groups excluding carboxylic acids is 2. The molecule has 2 amide bonds. The lowest BCUT2D eigenvalue weighted by atomic mass is 10.1. The number of nitrogens with zero attached hydrogens (tertiary/aromatic N) is 2. The van der Waals surface area contributed by atoms with Crippen LogP contribution in [0.3, 0.4) is 0 Å². The molecule has 0 saturated carbocycles. The van der Waals surface area contributed by atoms with Crippen molar-refractivity contribution in [1.82, 2.24) is 10.2 Å². The third-order valence-corrected chi connectivity index (χ3v) is 3.99. The Hall–Kier alpha value is -3.75. The summed E-state index contributed by atoms with van der Waals surface area (Å²) in [7, 11) is 0. The number of H-pyrrole nitrogens is 1. The van der Waals surface area contributed by atoms with E-state index in [1.54, 1.807) is 24.3 Å². The highest BCUT2D eigenvalue weighted by Gasteiger charge is 2.17. The Morgan fingerprint density at radius 3 is 2.36 bits per heavy atom. The number of nitro benzene ring substituents is 1. The molecule has 0 aliphatic carbocycles. The zero-order valence-electron chi connectivity index (χ0n) is 15.4. The van der Waals surface area contributed by atoms with Gasteiger partial charge in [-0.2, -0.15) is 5.10 Å². The quantitative estimate of drug-likeness (QED) is 0.443. The molecular formula is C19H19N5O4. The topological polar surface area (TPSA) is 130 Å². The normalized spacial score (nSPS) is 10.8. The highest BCUT2D eigenvalue weighted by molar-refractivity contribution is 6.11. The van der Waals surface area contributed by atoms with Crippen LogP contribution in [0.2, 0.25) is 0 Å². The summed E-state index contributed by atoms with van der Waals surface area (Å²) in [6.45, 7) is 3.93. The summed E-state index contributed by atoms with van der Waals surface area (Å²) in [5, 5.41) is 23.4. The molecule has 3 aromatic rings. The number of aromatic amines is 1. The van der Waals surface area contributed by atoms with Crippen LogP contribution in [0.15, 0.2) is 42.5 Å². The molecule has 2 aromatic carbocycles. The van der Waals surface area contributed by atoms with E-state index in [9.17, 15) is 19.7 Å². The zero-order valence-corrected chi connectivity index (χ0v) is 15.4. The van der Waals surface area contributed by atoms with Crippen molar-refractivity contribution in [1.29, 1.82) is 0 Å². The van der Waals surface area contributed by atoms with Crippen molar-refractivity contribution >= 4 is 39.8 Å². The number of hydrogen-bond donors (Lipinski definition) is 3. The first-order valence-corrected chi connectivity index (χ1v) is 8.67. The number of nitro groups is 1. The largest absolute Gasteiger partial charge is 0.326 e. The molecule has 3 rings (SSSR count). The monoisotopic (exact) mass is 381 g/mol. The summed E-state index contributed by atoms with van der Waals surface area (Å²) in [5.41, 5.74) is 1.61. The molecule has 0 aliphatic rings. The molecule has 28 heavy (non-hydrogen) atoms. The van der Waals surface area contributed by atoms with Crippen LogP contribution in [-0.4, -0.2) is 26.9 Å². The highest BCUT2D eigenvalue weighted by atomic mass is 16.6. The smallest absolute Gasteiger partial charge is 0.276 e. The second-order valence-electron chi connectivity index (χ2n) is 6.74. The van der Waals surface area contributed by atoms with E-state index in [4.69, 9.17) is 0 Å². The van der Waals surface area contributed by atoms with Crippen LogP contribution < -0.4 is 10.6 Å². The van der Waals surface area contributed by atoms with Gasteiger partial charge in [0.1, 0.15) is 0 Å². The van der Waals surface area contributed by atoms with Gasteiger partial charge in [0.15, 0.2) is 5.69 Å². The van der Waals surface area contributed by atoms with Gasteiger partial charge in [-0.25, -0.2) is 0 Å². The van der Waals surface area contributed by atoms with Crippen molar-refractivity contribution in [2.24, 2.45) is 5.92 Å². The van der Waals surface area contributed by atoms with Crippen LogP contribution in [0.5, 0.6) is 0 Å². The molecule has 0 spiro atoms. The Morgan fingerprint density at radius 1 is 1.11 bits per heavy atom. The number of anilines is 2. The molecule has 9 heteroatoms. The van der Waals surface area contributed by atoms with Gasteiger partial charge in [0.05, 0.1) is 10.4 Å². The van der Waals surface area contributed by atoms with E-state index < -0.39 is 10.8 Å². The Labute approximate surface area is 160 Å². The van der Waals surface area contributed by atoms with Crippen LogP contribution in [0.4, 0.5) is 17.1 Å². The first kappa shape index (κ1) is 19.0. The lowest BCUT2D eigenvalue weighted by molar-refractivity contribution is -0.384.